The molecular weight excluding hydrogens is 269 g/mol. The van der Waals surface area contributed by atoms with Gasteiger partial charge in [-0.3, -0.25) is 4.79 Å². The van der Waals surface area contributed by atoms with E-state index in [4.69, 9.17) is 0 Å². The average molecular weight is 276 g/mol. The number of aromatic nitrogens is 2. The molecule has 3 rings (SSSR count). The molecule has 3 nitrogen and oxygen atoms in total. The molecule has 1 N–H and O–H groups in total. The molecule has 0 aliphatic rings. The van der Waals surface area contributed by atoms with Gasteiger partial charge in [-0.1, -0.05) is 18.2 Å². The Hall–Kier alpha value is -2.63. The summed E-state index contributed by atoms with van der Waals surface area (Å²) in [5, 5.41) is 6.48. The molecule has 0 atom stereocenters. The smallest absolute Gasteiger partial charge is 0.267 e. The number of nitrogens with zero attached hydrogens (tertiary/aromatic N) is 1. The molecule has 0 radical (unpaired) electrons. The molecule has 0 amide bonds. The van der Waals surface area contributed by atoms with Crippen molar-refractivity contribution in [1.82, 2.24) is 10.2 Å². The molecule has 0 unspecified atom stereocenters. The molecule has 20 heavy (non-hydrogen) atoms. The monoisotopic (exact) mass is 276 g/mol. The van der Waals surface area contributed by atoms with Gasteiger partial charge in [0.25, 0.3) is 5.56 Å². The van der Waals surface area contributed by atoms with Crippen LogP contribution in [0.3, 0.4) is 0 Å². The first kappa shape index (κ1) is 12.4. The number of hydrogen-bond acceptors (Lipinski definition) is 2. The van der Waals surface area contributed by atoms with E-state index in [9.17, 15) is 18.0 Å². The van der Waals surface area contributed by atoms with Crippen molar-refractivity contribution < 1.29 is 13.2 Å². The van der Waals surface area contributed by atoms with E-state index in [1.807, 2.05) is 0 Å². The van der Waals surface area contributed by atoms with Crippen molar-refractivity contribution in [1.29, 1.82) is 0 Å². The summed E-state index contributed by atoms with van der Waals surface area (Å²) in [7, 11) is 0. The number of nitrogens with one attached hydrogen (secondary N) is 1. The van der Waals surface area contributed by atoms with Crippen LogP contribution in [0, 0.1) is 17.5 Å². The van der Waals surface area contributed by atoms with Gasteiger partial charge in [0.1, 0.15) is 11.5 Å². The van der Waals surface area contributed by atoms with Crippen LogP contribution >= 0.6 is 0 Å². The maximum atomic E-state index is 13.8. The number of halogens is 3. The molecule has 1 heterocycles. The molecule has 0 fully saturated rings. The second kappa shape index (κ2) is 4.48. The largest absolute Gasteiger partial charge is 0.272 e. The topological polar surface area (TPSA) is 45.8 Å². The molecule has 2 aromatic carbocycles. The van der Waals surface area contributed by atoms with Crippen LogP contribution in [0.2, 0.25) is 0 Å². The fourth-order valence-electron chi connectivity index (χ4n) is 2.05. The number of aromatic amines is 1. The normalized spacial score (nSPS) is 10.9. The summed E-state index contributed by atoms with van der Waals surface area (Å²) in [6.07, 6.45) is 0. The Morgan fingerprint density at radius 1 is 1.00 bits per heavy atom. The van der Waals surface area contributed by atoms with Gasteiger partial charge in [-0.2, -0.15) is 5.10 Å². The predicted octanol–water partition coefficient (Wildman–Crippen LogP) is 3.01. The van der Waals surface area contributed by atoms with Crippen LogP contribution in [0.5, 0.6) is 0 Å². The van der Waals surface area contributed by atoms with E-state index in [2.05, 4.69) is 10.2 Å². The number of H-pyrrole nitrogens is 1. The summed E-state index contributed by atoms with van der Waals surface area (Å²) >= 11 is 0. The fourth-order valence-corrected chi connectivity index (χ4v) is 2.05. The maximum absolute atomic E-state index is 13.8. The van der Waals surface area contributed by atoms with E-state index in [1.54, 1.807) is 12.1 Å². The highest BCUT2D eigenvalue weighted by Gasteiger charge is 2.17. The molecular formula is C14H7F3N2O. The summed E-state index contributed by atoms with van der Waals surface area (Å²) in [5.41, 5.74) is -0.812. The van der Waals surface area contributed by atoms with Gasteiger partial charge in [0.2, 0.25) is 0 Å². The zero-order valence-electron chi connectivity index (χ0n) is 9.95. The van der Waals surface area contributed by atoms with Crippen molar-refractivity contribution in [3.63, 3.8) is 0 Å². The van der Waals surface area contributed by atoms with Gasteiger partial charge in [-0.15, -0.1) is 0 Å². The van der Waals surface area contributed by atoms with E-state index < -0.39 is 23.0 Å². The third-order valence-corrected chi connectivity index (χ3v) is 2.94. The zero-order valence-corrected chi connectivity index (χ0v) is 9.95. The molecule has 0 aliphatic heterocycles. The fraction of sp³-hybridized carbons (Fsp3) is 0. The van der Waals surface area contributed by atoms with Crippen LogP contribution in [0.1, 0.15) is 0 Å². The lowest BCUT2D eigenvalue weighted by atomic mass is 10.0. The summed E-state index contributed by atoms with van der Waals surface area (Å²) < 4.78 is 40.4. The number of benzene rings is 2. The van der Waals surface area contributed by atoms with Crippen molar-refractivity contribution in [2.75, 3.05) is 0 Å². The van der Waals surface area contributed by atoms with Crippen LogP contribution in [-0.4, -0.2) is 10.2 Å². The molecule has 6 heteroatoms. The van der Waals surface area contributed by atoms with Gasteiger partial charge in [-0.05, 0) is 12.1 Å². The van der Waals surface area contributed by atoms with E-state index >= 15 is 0 Å². The lowest BCUT2D eigenvalue weighted by molar-refractivity contribution is 0.497. The molecule has 3 aromatic rings. The predicted molar refractivity (Wildman–Crippen MR) is 67.7 cm³/mol. The standard InChI is InChI=1S/C14H7F3N2O/c15-7-5-10(12(17)11(16)6-7)13-8-3-1-2-4-9(8)14(20)19-18-13/h1-6H,(H,19,20). The molecule has 0 bridgehead atoms. The van der Waals surface area contributed by atoms with Crippen LogP contribution < -0.4 is 5.56 Å². The maximum Gasteiger partial charge on any atom is 0.272 e. The second-order valence-electron chi connectivity index (χ2n) is 4.20. The van der Waals surface area contributed by atoms with Crippen LogP contribution in [-0.2, 0) is 0 Å². The minimum absolute atomic E-state index is 0.0175. The number of hydrogen-bond donors (Lipinski definition) is 1. The molecule has 0 spiro atoms. The van der Waals surface area contributed by atoms with Crippen LogP contribution in [0.4, 0.5) is 13.2 Å². The molecule has 0 aliphatic carbocycles. The van der Waals surface area contributed by atoms with Gasteiger partial charge in [0, 0.05) is 17.0 Å². The molecule has 0 saturated carbocycles. The van der Waals surface area contributed by atoms with Crippen molar-refractivity contribution in [3.8, 4) is 11.3 Å². The van der Waals surface area contributed by atoms with Crippen molar-refractivity contribution >= 4 is 10.8 Å². The highest BCUT2D eigenvalue weighted by atomic mass is 19.2. The highest BCUT2D eigenvalue weighted by molar-refractivity contribution is 5.93. The van der Waals surface area contributed by atoms with E-state index in [-0.39, 0.29) is 16.6 Å². The lowest BCUT2D eigenvalue weighted by Gasteiger charge is -2.07. The summed E-state index contributed by atoms with van der Waals surface area (Å²) in [5.74, 6) is -3.44. The SMILES string of the molecule is O=c1[nH]nc(-c2cc(F)cc(F)c2F)c2ccccc12. The van der Waals surface area contributed by atoms with Gasteiger partial charge < -0.3 is 0 Å². The van der Waals surface area contributed by atoms with Gasteiger partial charge in [-0.25, -0.2) is 18.3 Å². The average Bonchev–Trinajstić information content (AvgIpc) is 2.44. The third kappa shape index (κ3) is 1.85. The minimum atomic E-state index is -1.31. The molecule has 0 saturated heterocycles. The Morgan fingerprint density at radius 3 is 2.45 bits per heavy atom. The lowest BCUT2D eigenvalue weighted by Crippen LogP contribution is -2.10. The third-order valence-electron chi connectivity index (χ3n) is 2.94. The number of fused-ring (bicyclic) bond motifs is 1. The van der Waals surface area contributed by atoms with Crippen molar-refractivity contribution in [2.24, 2.45) is 0 Å². The van der Waals surface area contributed by atoms with Crippen molar-refractivity contribution in [2.45, 2.75) is 0 Å². The van der Waals surface area contributed by atoms with Gasteiger partial charge in [0.15, 0.2) is 11.6 Å². The summed E-state index contributed by atoms with van der Waals surface area (Å²) in [6.45, 7) is 0. The Labute approximate surface area is 110 Å². The first-order chi connectivity index (χ1) is 9.58. The Balaban J connectivity index is 2.42. The summed E-state index contributed by atoms with van der Waals surface area (Å²) in [4.78, 5) is 11.6. The quantitative estimate of drug-likeness (QED) is 0.694. The highest BCUT2D eigenvalue weighted by Crippen LogP contribution is 2.28. The second-order valence-corrected chi connectivity index (χ2v) is 4.20. The minimum Gasteiger partial charge on any atom is -0.267 e. The van der Waals surface area contributed by atoms with Crippen LogP contribution in [0.15, 0.2) is 41.2 Å². The Bertz CT molecular complexity index is 874. The Kier molecular flexibility index (Phi) is 2.78. The van der Waals surface area contributed by atoms with Crippen molar-refractivity contribution in [3.05, 3.63) is 64.2 Å². The van der Waals surface area contributed by atoms with E-state index in [1.165, 1.54) is 12.1 Å². The van der Waals surface area contributed by atoms with E-state index in [0.717, 1.165) is 6.07 Å². The first-order valence-electron chi connectivity index (χ1n) is 5.70. The van der Waals surface area contributed by atoms with Crippen LogP contribution in [0.25, 0.3) is 22.0 Å². The van der Waals surface area contributed by atoms with Gasteiger partial charge >= 0.3 is 0 Å². The van der Waals surface area contributed by atoms with E-state index in [0.29, 0.717) is 11.5 Å². The zero-order chi connectivity index (χ0) is 14.3. The molecule has 1 aromatic heterocycles. The summed E-state index contributed by atoms with van der Waals surface area (Å²) in [6, 6.07) is 7.60. The first-order valence-corrected chi connectivity index (χ1v) is 5.70. The number of rotatable bonds is 1. The molecule has 100 valence electrons. The Morgan fingerprint density at radius 2 is 1.70 bits per heavy atom. The van der Waals surface area contributed by atoms with Gasteiger partial charge in [0.05, 0.1) is 5.39 Å².